The van der Waals surface area contributed by atoms with Gasteiger partial charge in [0.2, 0.25) is 0 Å². The van der Waals surface area contributed by atoms with E-state index in [0.29, 0.717) is 29.9 Å². The molecular formula is C10H22N2O2S. The van der Waals surface area contributed by atoms with E-state index in [1.807, 2.05) is 14.1 Å². The van der Waals surface area contributed by atoms with Crippen LogP contribution in [0.4, 0.5) is 0 Å². The van der Waals surface area contributed by atoms with Crippen LogP contribution in [-0.2, 0) is 9.84 Å². The van der Waals surface area contributed by atoms with Crippen LogP contribution in [-0.4, -0.2) is 52.0 Å². The lowest BCUT2D eigenvalue weighted by molar-refractivity contribution is 0.237. The largest absolute Gasteiger partial charge is 0.330 e. The predicted molar refractivity (Wildman–Crippen MR) is 62.5 cm³/mol. The number of sulfone groups is 1. The third-order valence-electron chi connectivity index (χ3n) is 3.17. The van der Waals surface area contributed by atoms with Crippen molar-refractivity contribution >= 4 is 9.84 Å². The lowest BCUT2D eigenvalue weighted by Crippen LogP contribution is -2.37. The molecule has 15 heavy (non-hydrogen) atoms. The zero-order valence-electron chi connectivity index (χ0n) is 9.65. The van der Waals surface area contributed by atoms with Gasteiger partial charge in [0, 0.05) is 6.54 Å². The van der Waals surface area contributed by atoms with E-state index in [9.17, 15) is 8.42 Å². The molecule has 0 aromatic carbocycles. The molecule has 0 bridgehead atoms. The van der Waals surface area contributed by atoms with Crippen molar-refractivity contribution in [3.63, 3.8) is 0 Å². The van der Waals surface area contributed by atoms with E-state index in [0.717, 1.165) is 19.4 Å². The standard InChI is InChI=1S/C10H22N2O2S/c1-12(2)8-10(7-11)9-3-5-15(13,14)6-4-9/h9-10H,3-8,11H2,1-2H3. The van der Waals surface area contributed by atoms with Gasteiger partial charge in [-0.05, 0) is 45.3 Å². The Morgan fingerprint density at radius 1 is 1.33 bits per heavy atom. The molecule has 0 radical (unpaired) electrons. The second-order valence-corrected chi connectivity index (χ2v) is 7.05. The highest BCUT2D eigenvalue weighted by Crippen LogP contribution is 2.26. The van der Waals surface area contributed by atoms with Crippen molar-refractivity contribution < 1.29 is 8.42 Å². The van der Waals surface area contributed by atoms with Crippen LogP contribution in [0.5, 0.6) is 0 Å². The van der Waals surface area contributed by atoms with E-state index in [2.05, 4.69) is 4.90 Å². The molecule has 0 spiro atoms. The first-order valence-electron chi connectivity index (χ1n) is 5.50. The number of hydrogen-bond acceptors (Lipinski definition) is 4. The average molecular weight is 234 g/mol. The normalized spacial score (nSPS) is 24.3. The molecule has 2 N–H and O–H groups in total. The van der Waals surface area contributed by atoms with Crippen LogP contribution in [0.3, 0.4) is 0 Å². The van der Waals surface area contributed by atoms with Crippen molar-refractivity contribution in [1.82, 2.24) is 4.90 Å². The molecule has 0 aliphatic carbocycles. The highest BCUT2D eigenvalue weighted by molar-refractivity contribution is 7.91. The van der Waals surface area contributed by atoms with Crippen LogP contribution >= 0.6 is 0 Å². The molecule has 0 amide bonds. The van der Waals surface area contributed by atoms with E-state index in [1.165, 1.54) is 0 Å². The Balaban J connectivity index is 2.49. The SMILES string of the molecule is CN(C)CC(CN)C1CCS(=O)(=O)CC1. The van der Waals surface area contributed by atoms with Gasteiger partial charge in [0.1, 0.15) is 9.84 Å². The predicted octanol–water partition coefficient (Wildman–Crippen LogP) is -0.0523. The summed E-state index contributed by atoms with van der Waals surface area (Å²) in [5.41, 5.74) is 5.74. The summed E-state index contributed by atoms with van der Waals surface area (Å²) >= 11 is 0. The quantitative estimate of drug-likeness (QED) is 0.740. The number of nitrogens with two attached hydrogens (primary N) is 1. The summed E-state index contributed by atoms with van der Waals surface area (Å²) in [6.45, 7) is 1.62. The molecule has 1 saturated heterocycles. The number of nitrogens with zero attached hydrogens (tertiary/aromatic N) is 1. The van der Waals surface area contributed by atoms with Gasteiger partial charge in [0.15, 0.2) is 0 Å². The molecule has 0 aromatic heterocycles. The molecule has 0 aromatic rings. The van der Waals surface area contributed by atoms with Crippen LogP contribution in [0.15, 0.2) is 0 Å². The maximum Gasteiger partial charge on any atom is 0.150 e. The molecular weight excluding hydrogens is 212 g/mol. The van der Waals surface area contributed by atoms with Gasteiger partial charge in [0.25, 0.3) is 0 Å². The van der Waals surface area contributed by atoms with Crippen molar-refractivity contribution in [2.24, 2.45) is 17.6 Å². The van der Waals surface area contributed by atoms with Crippen LogP contribution in [0, 0.1) is 11.8 Å². The first-order chi connectivity index (χ1) is 6.94. The van der Waals surface area contributed by atoms with Crippen molar-refractivity contribution in [3.05, 3.63) is 0 Å². The van der Waals surface area contributed by atoms with Crippen molar-refractivity contribution in [1.29, 1.82) is 0 Å². The molecule has 90 valence electrons. The van der Waals surface area contributed by atoms with E-state index in [4.69, 9.17) is 5.73 Å². The molecule has 5 heteroatoms. The van der Waals surface area contributed by atoms with E-state index in [1.54, 1.807) is 0 Å². The van der Waals surface area contributed by atoms with Gasteiger partial charge < -0.3 is 10.6 Å². The summed E-state index contributed by atoms with van der Waals surface area (Å²) in [4.78, 5) is 2.13. The zero-order chi connectivity index (χ0) is 11.5. The van der Waals surface area contributed by atoms with E-state index < -0.39 is 9.84 Å². The Morgan fingerprint density at radius 2 is 1.87 bits per heavy atom. The summed E-state index contributed by atoms with van der Waals surface area (Å²) in [7, 11) is 1.32. The molecule has 1 aliphatic rings. The zero-order valence-corrected chi connectivity index (χ0v) is 10.5. The Labute approximate surface area is 92.7 Å². The van der Waals surface area contributed by atoms with Gasteiger partial charge in [0.05, 0.1) is 11.5 Å². The van der Waals surface area contributed by atoms with Crippen LogP contribution in [0.1, 0.15) is 12.8 Å². The molecule has 1 aliphatic heterocycles. The van der Waals surface area contributed by atoms with Gasteiger partial charge >= 0.3 is 0 Å². The first kappa shape index (κ1) is 12.9. The fourth-order valence-electron chi connectivity index (χ4n) is 2.26. The van der Waals surface area contributed by atoms with Crippen molar-refractivity contribution in [2.45, 2.75) is 12.8 Å². The smallest absolute Gasteiger partial charge is 0.150 e. The van der Waals surface area contributed by atoms with Gasteiger partial charge in [-0.2, -0.15) is 0 Å². The van der Waals surface area contributed by atoms with Gasteiger partial charge in [-0.1, -0.05) is 0 Å². The van der Waals surface area contributed by atoms with Gasteiger partial charge in [-0.25, -0.2) is 8.42 Å². The third kappa shape index (κ3) is 4.09. The molecule has 4 nitrogen and oxygen atoms in total. The third-order valence-corrected chi connectivity index (χ3v) is 4.88. The molecule has 1 rings (SSSR count). The molecule has 0 saturated carbocycles. The van der Waals surface area contributed by atoms with Crippen LogP contribution < -0.4 is 5.73 Å². The second kappa shape index (κ2) is 5.27. The Morgan fingerprint density at radius 3 is 2.27 bits per heavy atom. The Hall–Kier alpha value is -0.130. The van der Waals surface area contributed by atoms with E-state index in [-0.39, 0.29) is 0 Å². The first-order valence-corrected chi connectivity index (χ1v) is 7.32. The minimum Gasteiger partial charge on any atom is -0.330 e. The Kier molecular flexibility index (Phi) is 4.55. The monoisotopic (exact) mass is 234 g/mol. The van der Waals surface area contributed by atoms with E-state index >= 15 is 0 Å². The summed E-state index contributed by atoms with van der Waals surface area (Å²) < 4.78 is 22.6. The summed E-state index contributed by atoms with van der Waals surface area (Å²) in [5, 5.41) is 0. The Bertz CT molecular complexity index is 274. The molecule has 1 fully saturated rings. The summed E-state index contributed by atoms with van der Waals surface area (Å²) in [5.74, 6) is 1.62. The lowest BCUT2D eigenvalue weighted by Gasteiger charge is -2.31. The molecule has 1 unspecified atom stereocenters. The number of rotatable bonds is 4. The fourth-order valence-corrected chi connectivity index (χ4v) is 3.79. The minimum absolute atomic E-state index is 0.349. The number of hydrogen-bond donors (Lipinski definition) is 1. The minimum atomic E-state index is -2.74. The highest BCUT2D eigenvalue weighted by Gasteiger charge is 2.28. The second-order valence-electron chi connectivity index (χ2n) is 4.75. The van der Waals surface area contributed by atoms with Crippen LogP contribution in [0.25, 0.3) is 0 Å². The fraction of sp³-hybridized carbons (Fsp3) is 1.00. The average Bonchev–Trinajstić information content (AvgIpc) is 2.14. The topological polar surface area (TPSA) is 63.4 Å². The van der Waals surface area contributed by atoms with Gasteiger partial charge in [-0.15, -0.1) is 0 Å². The van der Waals surface area contributed by atoms with Gasteiger partial charge in [-0.3, -0.25) is 0 Å². The summed E-state index contributed by atoms with van der Waals surface area (Å²) in [6, 6.07) is 0. The maximum atomic E-state index is 11.3. The summed E-state index contributed by atoms with van der Waals surface area (Å²) in [6.07, 6.45) is 1.58. The van der Waals surface area contributed by atoms with Crippen LogP contribution in [0.2, 0.25) is 0 Å². The van der Waals surface area contributed by atoms with Crippen molar-refractivity contribution in [2.75, 3.05) is 38.7 Å². The van der Waals surface area contributed by atoms with Crippen molar-refractivity contribution in [3.8, 4) is 0 Å². The lowest BCUT2D eigenvalue weighted by atomic mass is 9.87. The molecule has 1 atom stereocenters. The maximum absolute atomic E-state index is 11.3. The molecule has 1 heterocycles. The highest BCUT2D eigenvalue weighted by atomic mass is 32.2.